The van der Waals surface area contributed by atoms with E-state index in [-0.39, 0.29) is 13.2 Å². The van der Waals surface area contributed by atoms with Crippen molar-refractivity contribution in [3.8, 4) is 0 Å². The van der Waals surface area contributed by atoms with Crippen LogP contribution in [0.15, 0.2) is 0 Å². The fourth-order valence-corrected chi connectivity index (χ4v) is 2.02. The molecule has 0 aromatic carbocycles. The lowest BCUT2D eigenvalue weighted by atomic mass is 10.1. The summed E-state index contributed by atoms with van der Waals surface area (Å²) >= 11 is 0. The third kappa shape index (κ3) is 4.98. The van der Waals surface area contributed by atoms with Gasteiger partial charge in [-0.3, -0.25) is 4.79 Å². The summed E-state index contributed by atoms with van der Waals surface area (Å²) < 4.78 is 9.43. The summed E-state index contributed by atoms with van der Waals surface area (Å²) in [6.07, 6.45) is -0.311. The lowest BCUT2D eigenvalue weighted by molar-refractivity contribution is -0.163. The van der Waals surface area contributed by atoms with Crippen LogP contribution in [0.5, 0.6) is 0 Å². The van der Waals surface area contributed by atoms with Gasteiger partial charge in [0, 0.05) is 0 Å². The maximum atomic E-state index is 12.0. The average molecular weight is 302 g/mol. The van der Waals surface area contributed by atoms with Gasteiger partial charge in [0.25, 0.3) is 0 Å². The first-order valence-electron chi connectivity index (χ1n) is 7.06. The fourth-order valence-electron chi connectivity index (χ4n) is 2.02. The van der Waals surface area contributed by atoms with Crippen LogP contribution in [-0.4, -0.2) is 60.9 Å². The molecule has 8 nitrogen and oxygen atoms in total. The van der Waals surface area contributed by atoms with E-state index >= 15 is 0 Å². The Labute approximate surface area is 123 Å². The highest BCUT2D eigenvalue weighted by molar-refractivity contribution is 5.92. The van der Waals surface area contributed by atoms with Gasteiger partial charge in [0.2, 0.25) is 5.91 Å². The maximum absolute atomic E-state index is 12.0. The molecule has 0 aromatic heterocycles. The van der Waals surface area contributed by atoms with Crippen molar-refractivity contribution in [2.75, 3.05) is 19.8 Å². The van der Waals surface area contributed by atoms with Gasteiger partial charge < -0.3 is 25.2 Å². The van der Waals surface area contributed by atoms with Gasteiger partial charge in [-0.1, -0.05) is 0 Å². The number of hydrogen-bond donors (Lipinski definition) is 3. The first-order chi connectivity index (χ1) is 10.0. The summed E-state index contributed by atoms with van der Waals surface area (Å²) in [4.78, 5) is 35.4. The summed E-state index contributed by atoms with van der Waals surface area (Å²) in [5, 5.41) is 15.2. The molecule has 3 N–H and O–H groups in total. The summed E-state index contributed by atoms with van der Waals surface area (Å²) in [7, 11) is 0. The van der Waals surface area contributed by atoms with Crippen LogP contribution in [0.25, 0.3) is 0 Å². The van der Waals surface area contributed by atoms with Crippen molar-refractivity contribution >= 4 is 17.8 Å². The monoisotopic (exact) mass is 302 g/mol. The van der Waals surface area contributed by atoms with E-state index in [9.17, 15) is 19.5 Å². The van der Waals surface area contributed by atoms with E-state index < -0.39 is 36.0 Å². The second-order valence-electron chi connectivity index (χ2n) is 4.58. The molecular weight excluding hydrogens is 280 g/mol. The van der Waals surface area contributed by atoms with Crippen LogP contribution < -0.4 is 10.6 Å². The number of aliphatic hydroxyl groups excluding tert-OH is 1. The Morgan fingerprint density at radius 2 is 1.86 bits per heavy atom. The number of rotatable bonds is 7. The van der Waals surface area contributed by atoms with Gasteiger partial charge >= 0.3 is 11.9 Å². The standard InChI is InChI=1S/C13H22N2O6/c1-3-20-12(18)9(10(16)13(19)21-4-2)15-11(17)8-6-5-7-14-8/h8-10,14,16H,3-7H2,1-2H3,(H,15,17)/t8-,9+,10?/m0/s1. The SMILES string of the molecule is CCOC(=O)C(O)[C@@H](NC(=O)[C@@H]1CCCN1)C(=O)OCC. The third-order valence-corrected chi connectivity index (χ3v) is 3.06. The van der Waals surface area contributed by atoms with Gasteiger partial charge in [0.05, 0.1) is 19.3 Å². The number of amides is 1. The molecule has 1 rings (SSSR count). The molecule has 1 unspecified atom stereocenters. The molecule has 0 aromatic rings. The molecular formula is C13H22N2O6. The number of carbonyl (C=O) groups excluding carboxylic acids is 3. The van der Waals surface area contributed by atoms with Crippen LogP contribution in [0.1, 0.15) is 26.7 Å². The van der Waals surface area contributed by atoms with Crippen LogP contribution in [0.4, 0.5) is 0 Å². The van der Waals surface area contributed by atoms with E-state index in [1.165, 1.54) is 0 Å². The van der Waals surface area contributed by atoms with Crippen molar-refractivity contribution in [1.82, 2.24) is 10.6 Å². The van der Waals surface area contributed by atoms with Crippen LogP contribution in [0, 0.1) is 0 Å². The van der Waals surface area contributed by atoms with Crippen molar-refractivity contribution in [1.29, 1.82) is 0 Å². The maximum Gasteiger partial charge on any atom is 0.337 e. The molecule has 1 saturated heterocycles. The predicted octanol–water partition coefficient (Wildman–Crippen LogP) is -1.29. The summed E-state index contributed by atoms with van der Waals surface area (Å²) in [5.74, 6) is -2.30. The minimum Gasteiger partial charge on any atom is -0.464 e. The molecule has 0 aliphatic carbocycles. The Kier molecular flexibility index (Phi) is 7.10. The molecule has 1 fully saturated rings. The molecule has 0 saturated carbocycles. The van der Waals surface area contributed by atoms with Crippen LogP contribution in [0.3, 0.4) is 0 Å². The largest absolute Gasteiger partial charge is 0.464 e. The number of aliphatic hydroxyl groups is 1. The van der Waals surface area contributed by atoms with Gasteiger partial charge in [-0.05, 0) is 33.2 Å². The lowest BCUT2D eigenvalue weighted by Gasteiger charge is -2.22. The smallest absolute Gasteiger partial charge is 0.337 e. The molecule has 120 valence electrons. The molecule has 3 atom stereocenters. The molecule has 1 amide bonds. The fraction of sp³-hybridized carbons (Fsp3) is 0.769. The number of nitrogens with one attached hydrogen (secondary N) is 2. The van der Waals surface area contributed by atoms with E-state index in [1.807, 2.05) is 0 Å². The van der Waals surface area contributed by atoms with Crippen LogP contribution in [0.2, 0.25) is 0 Å². The first kappa shape index (κ1) is 17.4. The second kappa shape index (κ2) is 8.58. The first-order valence-corrected chi connectivity index (χ1v) is 7.06. The number of carbonyl (C=O) groups is 3. The summed E-state index contributed by atoms with van der Waals surface area (Å²) in [6, 6.07) is -1.91. The van der Waals surface area contributed by atoms with Crippen molar-refractivity contribution in [3.05, 3.63) is 0 Å². The van der Waals surface area contributed by atoms with Crippen LogP contribution in [-0.2, 0) is 23.9 Å². The summed E-state index contributed by atoms with van der Waals surface area (Å²) in [5.41, 5.74) is 0. The zero-order valence-electron chi connectivity index (χ0n) is 12.3. The molecule has 1 heterocycles. The van der Waals surface area contributed by atoms with Gasteiger partial charge in [-0.25, -0.2) is 9.59 Å². The highest BCUT2D eigenvalue weighted by Crippen LogP contribution is 2.07. The van der Waals surface area contributed by atoms with Gasteiger partial charge in [-0.2, -0.15) is 0 Å². The Hall–Kier alpha value is -1.67. The molecule has 21 heavy (non-hydrogen) atoms. The minimum atomic E-state index is -1.80. The number of ether oxygens (including phenoxy) is 2. The van der Waals surface area contributed by atoms with Gasteiger partial charge in [0.1, 0.15) is 0 Å². The average Bonchev–Trinajstić information content (AvgIpc) is 2.98. The van der Waals surface area contributed by atoms with Gasteiger partial charge in [0.15, 0.2) is 12.1 Å². The zero-order chi connectivity index (χ0) is 15.8. The Balaban J connectivity index is 2.73. The molecule has 1 aliphatic heterocycles. The summed E-state index contributed by atoms with van der Waals surface area (Å²) in [6.45, 7) is 4.01. The molecule has 1 aliphatic rings. The predicted molar refractivity (Wildman–Crippen MR) is 72.2 cm³/mol. The van der Waals surface area contributed by atoms with E-state index in [0.717, 1.165) is 6.42 Å². The second-order valence-corrected chi connectivity index (χ2v) is 4.58. The molecule has 0 radical (unpaired) electrons. The zero-order valence-corrected chi connectivity index (χ0v) is 12.3. The van der Waals surface area contributed by atoms with Crippen molar-refractivity contribution in [3.63, 3.8) is 0 Å². The molecule has 8 heteroatoms. The number of esters is 2. The minimum absolute atomic E-state index is 0.0591. The van der Waals surface area contributed by atoms with Crippen molar-refractivity contribution in [2.45, 2.75) is 44.9 Å². The van der Waals surface area contributed by atoms with Crippen molar-refractivity contribution in [2.24, 2.45) is 0 Å². The van der Waals surface area contributed by atoms with E-state index in [0.29, 0.717) is 13.0 Å². The lowest BCUT2D eigenvalue weighted by Crippen LogP contribution is -2.56. The Bertz CT molecular complexity index is 381. The van der Waals surface area contributed by atoms with Crippen LogP contribution >= 0.6 is 0 Å². The number of hydrogen-bond acceptors (Lipinski definition) is 7. The highest BCUT2D eigenvalue weighted by atomic mass is 16.6. The third-order valence-electron chi connectivity index (χ3n) is 3.06. The van der Waals surface area contributed by atoms with Gasteiger partial charge in [-0.15, -0.1) is 0 Å². The van der Waals surface area contributed by atoms with E-state index in [1.54, 1.807) is 13.8 Å². The Morgan fingerprint density at radius 3 is 2.38 bits per heavy atom. The van der Waals surface area contributed by atoms with E-state index in [2.05, 4.69) is 15.4 Å². The normalized spacial score (nSPS) is 20.4. The highest BCUT2D eigenvalue weighted by Gasteiger charge is 2.37. The van der Waals surface area contributed by atoms with Crippen molar-refractivity contribution < 1.29 is 29.0 Å². The molecule has 0 spiro atoms. The topological polar surface area (TPSA) is 114 Å². The van der Waals surface area contributed by atoms with E-state index in [4.69, 9.17) is 4.74 Å². The quantitative estimate of drug-likeness (QED) is 0.501. The molecule has 0 bridgehead atoms. The Morgan fingerprint density at radius 1 is 1.24 bits per heavy atom.